The van der Waals surface area contributed by atoms with Gasteiger partial charge in [0.05, 0.1) is 18.0 Å². The quantitative estimate of drug-likeness (QED) is 0.715. The number of amides is 1. The van der Waals surface area contributed by atoms with Gasteiger partial charge in [0, 0.05) is 0 Å². The number of alkyl halides is 3. The molecule has 80 valence electrons. The van der Waals surface area contributed by atoms with E-state index in [0.29, 0.717) is 12.0 Å². The van der Waals surface area contributed by atoms with Crippen molar-refractivity contribution >= 4 is 5.91 Å². The van der Waals surface area contributed by atoms with Crippen LogP contribution in [0.25, 0.3) is 0 Å². The Morgan fingerprint density at radius 1 is 1.20 bits per heavy atom. The minimum Gasteiger partial charge on any atom is -0.349 e. The van der Waals surface area contributed by atoms with E-state index in [-0.39, 0.29) is 11.9 Å². The summed E-state index contributed by atoms with van der Waals surface area (Å²) in [6, 6.07) is 4.72. The van der Waals surface area contributed by atoms with Crippen molar-refractivity contribution in [3.63, 3.8) is 0 Å². The first kappa shape index (κ1) is 10.0. The Hall–Kier alpha value is -1.52. The molecular weight excluding hydrogens is 207 g/mol. The van der Waals surface area contributed by atoms with E-state index in [1.165, 1.54) is 12.1 Å². The molecule has 1 aliphatic heterocycles. The highest BCUT2D eigenvalue weighted by molar-refractivity contribution is 5.83. The van der Waals surface area contributed by atoms with Crippen molar-refractivity contribution in [1.82, 2.24) is 5.32 Å². The number of nitrogens with one attached hydrogen (secondary N) is 1. The Labute approximate surface area is 84.1 Å². The summed E-state index contributed by atoms with van der Waals surface area (Å²) in [6.07, 6.45) is -3.95. The standard InChI is InChI=1S/C10H8F3NO/c11-10(12,13)7-3-1-6(2-4-7)8-5-9(15)14-8/h1-4,8H,5H2,(H,14,15)/t8-/m1/s1. The molecule has 1 aromatic carbocycles. The van der Waals surface area contributed by atoms with Gasteiger partial charge < -0.3 is 5.32 Å². The number of rotatable bonds is 1. The molecule has 1 saturated heterocycles. The summed E-state index contributed by atoms with van der Waals surface area (Å²) in [6.45, 7) is 0. The van der Waals surface area contributed by atoms with Crippen LogP contribution in [0.1, 0.15) is 23.6 Å². The second-order valence-electron chi connectivity index (χ2n) is 3.44. The summed E-state index contributed by atoms with van der Waals surface area (Å²) in [5.41, 5.74) is 0.0412. The average molecular weight is 215 g/mol. The zero-order valence-corrected chi connectivity index (χ0v) is 7.64. The third-order valence-corrected chi connectivity index (χ3v) is 2.37. The molecule has 1 fully saturated rings. The first-order valence-electron chi connectivity index (χ1n) is 4.43. The molecule has 1 heterocycles. The zero-order valence-electron chi connectivity index (χ0n) is 7.64. The molecule has 15 heavy (non-hydrogen) atoms. The Morgan fingerprint density at radius 2 is 1.73 bits per heavy atom. The fourth-order valence-electron chi connectivity index (χ4n) is 1.46. The van der Waals surface area contributed by atoms with Crippen LogP contribution >= 0.6 is 0 Å². The third kappa shape index (κ3) is 1.95. The second-order valence-corrected chi connectivity index (χ2v) is 3.44. The number of benzene rings is 1. The van der Waals surface area contributed by atoms with Crippen LogP contribution in [0.2, 0.25) is 0 Å². The van der Waals surface area contributed by atoms with Crippen LogP contribution < -0.4 is 5.32 Å². The molecule has 2 nitrogen and oxygen atoms in total. The molecule has 2 rings (SSSR count). The van der Waals surface area contributed by atoms with Crippen LogP contribution in [0.15, 0.2) is 24.3 Å². The van der Waals surface area contributed by atoms with E-state index in [1.807, 2.05) is 0 Å². The van der Waals surface area contributed by atoms with Gasteiger partial charge in [-0.05, 0) is 17.7 Å². The largest absolute Gasteiger partial charge is 0.416 e. The van der Waals surface area contributed by atoms with Gasteiger partial charge >= 0.3 is 6.18 Å². The molecule has 0 aromatic heterocycles. The summed E-state index contributed by atoms with van der Waals surface area (Å²) in [5, 5.41) is 2.60. The minimum atomic E-state index is -4.30. The maximum Gasteiger partial charge on any atom is 0.416 e. The fourth-order valence-corrected chi connectivity index (χ4v) is 1.46. The molecule has 1 amide bonds. The predicted octanol–water partition coefficient (Wildman–Crippen LogP) is 2.27. The Bertz CT molecular complexity index is 375. The summed E-state index contributed by atoms with van der Waals surface area (Å²) in [4.78, 5) is 10.6. The van der Waals surface area contributed by atoms with Crippen LogP contribution in [-0.4, -0.2) is 5.91 Å². The molecule has 0 spiro atoms. The van der Waals surface area contributed by atoms with Gasteiger partial charge in [0.2, 0.25) is 5.91 Å². The first-order valence-corrected chi connectivity index (χ1v) is 4.43. The summed E-state index contributed by atoms with van der Waals surface area (Å²) in [5.74, 6) is -0.0695. The van der Waals surface area contributed by atoms with E-state index in [4.69, 9.17) is 0 Å². The molecule has 1 aliphatic rings. The number of halogens is 3. The van der Waals surface area contributed by atoms with Crippen LogP contribution in [0.5, 0.6) is 0 Å². The Balaban J connectivity index is 2.14. The SMILES string of the molecule is O=C1C[C@H](c2ccc(C(F)(F)F)cc2)N1. The Kier molecular flexibility index (Phi) is 2.17. The van der Waals surface area contributed by atoms with Crippen molar-refractivity contribution < 1.29 is 18.0 Å². The number of β-lactam (4-membered cyclic amide) rings is 1. The lowest BCUT2D eigenvalue weighted by molar-refractivity contribution is -0.137. The molecule has 1 atom stereocenters. The third-order valence-electron chi connectivity index (χ3n) is 2.37. The number of carbonyl (C=O) groups excluding carboxylic acids is 1. The number of carbonyl (C=O) groups is 1. The Morgan fingerprint density at radius 3 is 2.13 bits per heavy atom. The van der Waals surface area contributed by atoms with Gasteiger partial charge in [-0.2, -0.15) is 13.2 Å². The molecule has 5 heteroatoms. The van der Waals surface area contributed by atoms with Crippen molar-refractivity contribution in [1.29, 1.82) is 0 Å². The lowest BCUT2D eigenvalue weighted by Crippen LogP contribution is -2.41. The zero-order chi connectivity index (χ0) is 11.1. The van der Waals surface area contributed by atoms with Gasteiger partial charge in [-0.1, -0.05) is 12.1 Å². The predicted molar refractivity (Wildman–Crippen MR) is 46.9 cm³/mol. The van der Waals surface area contributed by atoms with E-state index in [9.17, 15) is 18.0 Å². The lowest BCUT2D eigenvalue weighted by atomic mass is 9.96. The summed E-state index contributed by atoms with van der Waals surface area (Å²) in [7, 11) is 0. The van der Waals surface area contributed by atoms with Crippen molar-refractivity contribution in [2.45, 2.75) is 18.6 Å². The van der Waals surface area contributed by atoms with Gasteiger partial charge in [-0.25, -0.2) is 0 Å². The molecule has 0 radical (unpaired) electrons. The molecule has 0 saturated carbocycles. The van der Waals surface area contributed by atoms with Gasteiger partial charge in [-0.3, -0.25) is 4.79 Å². The first-order chi connectivity index (χ1) is 6.97. The monoisotopic (exact) mass is 215 g/mol. The number of hydrogen-bond donors (Lipinski definition) is 1. The van der Waals surface area contributed by atoms with E-state index in [1.54, 1.807) is 0 Å². The van der Waals surface area contributed by atoms with Crippen molar-refractivity contribution in [2.24, 2.45) is 0 Å². The van der Waals surface area contributed by atoms with Crippen molar-refractivity contribution in [3.05, 3.63) is 35.4 Å². The molecule has 1 aromatic rings. The van der Waals surface area contributed by atoms with Gasteiger partial charge in [0.1, 0.15) is 0 Å². The smallest absolute Gasteiger partial charge is 0.349 e. The minimum absolute atomic E-state index is 0.0695. The van der Waals surface area contributed by atoms with Gasteiger partial charge in [-0.15, -0.1) is 0 Å². The van der Waals surface area contributed by atoms with E-state index in [2.05, 4.69) is 5.32 Å². The van der Waals surface area contributed by atoms with E-state index >= 15 is 0 Å². The van der Waals surface area contributed by atoms with Crippen LogP contribution in [0, 0.1) is 0 Å². The average Bonchev–Trinajstić information content (AvgIpc) is 2.12. The highest BCUT2D eigenvalue weighted by atomic mass is 19.4. The second kappa shape index (κ2) is 3.25. The summed E-state index contributed by atoms with van der Waals surface area (Å²) >= 11 is 0. The van der Waals surface area contributed by atoms with Crippen LogP contribution in [0.3, 0.4) is 0 Å². The van der Waals surface area contributed by atoms with Crippen LogP contribution in [0.4, 0.5) is 13.2 Å². The van der Waals surface area contributed by atoms with Gasteiger partial charge in [0.25, 0.3) is 0 Å². The van der Waals surface area contributed by atoms with E-state index < -0.39 is 11.7 Å². The van der Waals surface area contributed by atoms with Gasteiger partial charge in [0.15, 0.2) is 0 Å². The fraction of sp³-hybridized carbons (Fsp3) is 0.300. The maximum atomic E-state index is 12.2. The van der Waals surface area contributed by atoms with Crippen molar-refractivity contribution in [2.75, 3.05) is 0 Å². The highest BCUT2D eigenvalue weighted by Crippen LogP contribution is 2.31. The van der Waals surface area contributed by atoms with Crippen LogP contribution in [-0.2, 0) is 11.0 Å². The molecule has 0 bridgehead atoms. The molecular formula is C10H8F3NO. The maximum absolute atomic E-state index is 12.2. The van der Waals surface area contributed by atoms with Crippen molar-refractivity contribution in [3.8, 4) is 0 Å². The summed E-state index contributed by atoms with van der Waals surface area (Å²) < 4.78 is 36.6. The normalized spacial score (nSPS) is 20.7. The lowest BCUT2D eigenvalue weighted by Gasteiger charge is -2.27. The highest BCUT2D eigenvalue weighted by Gasteiger charge is 2.31. The topological polar surface area (TPSA) is 29.1 Å². The molecule has 0 aliphatic carbocycles. The number of hydrogen-bond acceptors (Lipinski definition) is 1. The van der Waals surface area contributed by atoms with E-state index in [0.717, 1.165) is 12.1 Å². The molecule has 0 unspecified atom stereocenters. The molecule has 1 N–H and O–H groups in total.